The lowest BCUT2D eigenvalue weighted by atomic mass is 10.2. The predicted octanol–water partition coefficient (Wildman–Crippen LogP) is 1.68. The fourth-order valence-corrected chi connectivity index (χ4v) is 1.20. The third-order valence-corrected chi connectivity index (χ3v) is 1.77. The standard InChI is InChI=1S/C9H8N2O/c1-6-2-3-7-8(4-6)11-9(5-12)10-7/h2-5H,1H3,(H,10,11). The number of nitrogens with zero attached hydrogens (tertiary/aromatic N) is 1. The topological polar surface area (TPSA) is 45.8 Å². The number of aryl methyl sites for hydroxylation is 1. The molecule has 0 spiro atoms. The Balaban J connectivity index is 2.75. The lowest BCUT2D eigenvalue weighted by Crippen LogP contribution is -1.78. The van der Waals surface area contributed by atoms with Gasteiger partial charge in [0, 0.05) is 0 Å². The molecule has 2 aromatic rings. The summed E-state index contributed by atoms with van der Waals surface area (Å²) in [6.45, 7) is 2.00. The van der Waals surface area contributed by atoms with E-state index in [9.17, 15) is 4.79 Å². The second-order valence-electron chi connectivity index (χ2n) is 2.76. The number of imidazole rings is 1. The highest BCUT2D eigenvalue weighted by Gasteiger charge is 1.99. The van der Waals surface area contributed by atoms with Crippen molar-refractivity contribution in [3.8, 4) is 0 Å². The number of nitrogens with one attached hydrogen (secondary N) is 1. The second-order valence-corrected chi connectivity index (χ2v) is 2.76. The van der Waals surface area contributed by atoms with Crippen molar-refractivity contribution in [2.75, 3.05) is 0 Å². The van der Waals surface area contributed by atoms with E-state index >= 15 is 0 Å². The molecule has 3 heteroatoms. The van der Waals surface area contributed by atoms with Gasteiger partial charge in [-0.1, -0.05) is 6.07 Å². The van der Waals surface area contributed by atoms with E-state index in [1.54, 1.807) is 0 Å². The SMILES string of the molecule is Cc1ccc2nc(C=O)[nH]c2c1. The average Bonchev–Trinajstić information content (AvgIpc) is 2.46. The zero-order chi connectivity index (χ0) is 8.55. The van der Waals surface area contributed by atoms with Crippen molar-refractivity contribution in [3.05, 3.63) is 29.6 Å². The summed E-state index contributed by atoms with van der Waals surface area (Å²) in [6.07, 6.45) is 0.718. The van der Waals surface area contributed by atoms with E-state index in [-0.39, 0.29) is 0 Å². The maximum atomic E-state index is 10.4. The normalized spacial score (nSPS) is 10.4. The molecule has 0 fully saturated rings. The highest BCUT2D eigenvalue weighted by atomic mass is 16.1. The van der Waals surface area contributed by atoms with Crippen molar-refractivity contribution in [2.24, 2.45) is 0 Å². The smallest absolute Gasteiger partial charge is 0.185 e. The van der Waals surface area contributed by atoms with Crippen molar-refractivity contribution < 1.29 is 4.79 Å². The lowest BCUT2D eigenvalue weighted by molar-refractivity contribution is 0.111. The second kappa shape index (κ2) is 2.44. The first-order valence-electron chi connectivity index (χ1n) is 3.71. The van der Waals surface area contributed by atoms with Crippen LogP contribution in [0.3, 0.4) is 0 Å². The highest BCUT2D eigenvalue weighted by Crippen LogP contribution is 2.11. The van der Waals surface area contributed by atoms with Crippen LogP contribution in [0.4, 0.5) is 0 Å². The summed E-state index contributed by atoms with van der Waals surface area (Å²) >= 11 is 0. The van der Waals surface area contributed by atoms with E-state index in [0.29, 0.717) is 5.82 Å². The average molecular weight is 160 g/mol. The molecular formula is C9H8N2O. The first kappa shape index (κ1) is 7.03. The summed E-state index contributed by atoms with van der Waals surface area (Å²) in [4.78, 5) is 17.3. The number of fused-ring (bicyclic) bond motifs is 1. The number of benzene rings is 1. The molecule has 0 amide bonds. The molecule has 0 saturated carbocycles. The molecule has 1 N–H and O–H groups in total. The zero-order valence-electron chi connectivity index (χ0n) is 6.66. The van der Waals surface area contributed by atoms with Crippen molar-refractivity contribution >= 4 is 17.3 Å². The number of rotatable bonds is 1. The molecule has 1 aromatic carbocycles. The molecule has 0 unspecified atom stereocenters. The van der Waals surface area contributed by atoms with Crippen LogP contribution in [0.2, 0.25) is 0 Å². The molecule has 0 aliphatic heterocycles. The van der Waals surface area contributed by atoms with Crippen LogP contribution >= 0.6 is 0 Å². The molecule has 0 saturated heterocycles. The molecule has 0 bridgehead atoms. The van der Waals surface area contributed by atoms with Gasteiger partial charge in [-0.3, -0.25) is 4.79 Å². The van der Waals surface area contributed by atoms with Crippen LogP contribution in [0.5, 0.6) is 0 Å². The Hall–Kier alpha value is -1.64. The molecule has 60 valence electrons. The number of H-pyrrole nitrogens is 1. The van der Waals surface area contributed by atoms with Crippen molar-refractivity contribution in [1.29, 1.82) is 0 Å². The Bertz CT molecular complexity index is 431. The van der Waals surface area contributed by atoms with Crippen molar-refractivity contribution in [2.45, 2.75) is 6.92 Å². The van der Waals surface area contributed by atoms with Crippen molar-refractivity contribution in [3.63, 3.8) is 0 Å². The van der Waals surface area contributed by atoms with Crippen LogP contribution < -0.4 is 0 Å². The summed E-state index contributed by atoms with van der Waals surface area (Å²) in [6, 6.07) is 5.83. The molecule has 2 rings (SSSR count). The quantitative estimate of drug-likeness (QED) is 0.645. The molecule has 0 aliphatic carbocycles. The van der Waals surface area contributed by atoms with Crippen LogP contribution in [0.15, 0.2) is 18.2 Å². The Labute approximate surface area is 69.4 Å². The van der Waals surface area contributed by atoms with E-state index in [2.05, 4.69) is 9.97 Å². The van der Waals surface area contributed by atoms with E-state index in [1.807, 2.05) is 25.1 Å². The maximum absolute atomic E-state index is 10.4. The number of aromatic amines is 1. The first-order chi connectivity index (χ1) is 5.79. The summed E-state index contributed by atoms with van der Waals surface area (Å²) < 4.78 is 0. The number of carbonyl (C=O) groups excluding carboxylic acids is 1. The van der Waals surface area contributed by atoms with E-state index in [1.165, 1.54) is 0 Å². The van der Waals surface area contributed by atoms with Gasteiger partial charge in [0.25, 0.3) is 0 Å². The van der Waals surface area contributed by atoms with Gasteiger partial charge in [0.05, 0.1) is 11.0 Å². The minimum Gasteiger partial charge on any atom is -0.336 e. The zero-order valence-corrected chi connectivity index (χ0v) is 6.66. The summed E-state index contributed by atoms with van der Waals surface area (Å²) in [5, 5.41) is 0. The van der Waals surface area contributed by atoms with Crippen LogP contribution in [0, 0.1) is 6.92 Å². The van der Waals surface area contributed by atoms with Crippen LogP contribution in [0.25, 0.3) is 11.0 Å². The Morgan fingerprint density at radius 3 is 3.08 bits per heavy atom. The molecule has 0 radical (unpaired) electrons. The molecular weight excluding hydrogens is 152 g/mol. The lowest BCUT2D eigenvalue weighted by Gasteiger charge is -1.89. The van der Waals surface area contributed by atoms with Crippen LogP contribution in [0.1, 0.15) is 16.2 Å². The van der Waals surface area contributed by atoms with Crippen LogP contribution in [-0.4, -0.2) is 16.3 Å². The molecule has 0 aliphatic rings. The minimum absolute atomic E-state index is 0.385. The molecule has 0 atom stereocenters. The van der Waals surface area contributed by atoms with E-state index < -0.39 is 0 Å². The van der Waals surface area contributed by atoms with Gasteiger partial charge in [-0.05, 0) is 24.6 Å². The number of hydrogen-bond acceptors (Lipinski definition) is 2. The predicted molar refractivity (Wildman–Crippen MR) is 46.2 cm³/mol. The number of carbonyl (C=O) groups is 1. The fraction of sp³-hybridized carbons (Fsp3) is 0.111. The molecule has 1 heterocycles. The van der Waals surface area contributed by atoms with Gasteiger partial charge in [-0.25, -0.2) is 4.98 Å². The molecule has 1 aromatic heterocycles. The number of hydrogen-bond donors (Lipinski definition) is 1. The van der Waals surface area contributed by atoms with E-state index in [0.717, 1.165) is 22.9 Å². The van der Waals surface area contributed by atoms with E-state index in [4.69, 9.17) is 0 Å². The first-order valence-corrected chi connectivity index (χ1v) is 3.71. The minimum atomic E-state index is 0.385. The summed E-state index contributed by atoms with van der Waals surface area (Å²) in [7, 11) is 0. The maximum Gasteiger partial charge on any atom is 0.185 e. The fourth-order valence-electron chi connectivity index (χ4n) is 1.20. The summed E-state index contributed by atoms with van der Waals surface area (Å²) in [5.41, 5.74) is 2.91. The summed E-state index contributed by atoms with van der Waals surface area (Å²) in [5.74, 6) is 0.385. The number of aldehydes is 1. The van der Waals surface area contributed by atoms with Gasteiger partial charge in [0.1, 0.15) is 0 Å². The van der Waals surface area contributed by atoms with Gasteiger partial charge in [0.2, 0.25) is 0 Å². The Morgan fingerprint density at radius 1 is 1.50 bits per heavy atom. The third-order valence-electron chi connectivity index (χ3n) is 1.77. The Kier molecular flexibility index (Phi) is 1.43. The molecule has 3 nitrogen and oxygen atoms in total. The van der Waals surface area contributed by atoms with Gasteiger partial charge in [0.15, 0.2) is 12.1 Å². The third kappa shape index (κ3) is 0.993. The van der Waals surface area contributed by atoms with Gasteiger partial charge in [-0.2, -0.15) is 0 Å². The van der Waals surface area contributed by atoms with Gasteiger partial charge < -0.3 is 4.98 Å². The Morgan fingerprint density at radius 2 is 2.33 bits per heavy atom. The molecule has 12 heavy (non-hydrogen) atoms. The largest absolute Gasteiger partial charge is 0.336 e. The highest BCUT2D eigenvalue weighted by molar-refractivity contribution is 5.82. The van der Waals surface area contributed by atoms with Crippen molar-refractivity contribution in [1.82, 2.24) is 9.97 Å². The monoisotopic (exact) mass is 160 g/mol. The van der Waals surface area contributed by atoms with Gasteiger partial charge in [-0.15, -0.1) is 0 Å². The number of aromatic nitrogens is 2. The van der Waals surface area contributed by atoms with Crippen LogP contribution in [-0.2, 0) is 0 Å². The van der Waals surface area contributed by atoms with Gasteiger partial charge >= 0.3 is 0 Å².